The highest BCUT2D eigenvalue weighted by molar-refractivity contribution is 5.88. The molecule has 0 radical (unpaired) electrons. The summed E-state index contributed by atoms with van der Waals surface area (Å²) in [5.74, 6) is 0. The molecule has 0 amide bonds. The number of nitrogens with zero attached hydrogens (tertiary/aromatic N) is 2. The number of hydrogen-bond acceptors (Lipinski definition) is 4. The van der Waals surface area contributed by atoms with Crippen LogP contribution in [0.3, 0.4) is 0 Å². The molecule has 2 heterocycles. The second-order valence-corrected chi connectivity index (χ2v) is 2.33. The van der Waals surface area contributed by atoms with Gasteiger partial charge >= 0.3 is 0 Å². The Bertz CT molecular complexity index is 294. The van der Waals surface area contributed by atoms with Crippen LogP contribution in [-0.4, -0.2) is 17.5 Å². The van der Waals surface area contributed by atoms with Gasteiger partial charge in [0.15, 0.2) is 6.29 Å². The maximum atomic E-state index is 5.52. The van der Waals surface area contributed by atoms with Crippen molar-refractivity contribution in [3.05, 3.63) is 24.0 Å². The van der Waals surface area contributed by atoms with E-state index < -0.39 is 0 Å². The molecule has 56 valence electrons. The van der Waals surface area contributed by atoms with Crippen LogP contribution in [0, 0.1) is 0 Å². The Labute approximate surface area is 64.2 Å². The summed E-state index contributed by atoms with van der Waals surface area (Å²) in [4.78, 5) is 7.92. The molecule has 11 heavy (non-hydrogen) atoms. The van der Waals surface area contributed by atoms with Crippen LogP contribution in [0.15, 0.2) is 23.5 Å². The third kappa shape index (κ3) is 1.08. The van der Waals surface area contributed by atoms with E-state index in [9.17, 15) is 0 Å². The fraction of sp³-hybridized carbons (Fsp3) is 0.143. The van der Waals surface area contributed by atoms with Crippen LogP contribution in [0.2, 0.25) is 0 Å². The molecule has 0 aromatic carbocycles. The van der Waals surface area contributed by atoms with Gasteiger partial charge in [-0.3, -0.25) is 15.7 Å². The maximum Gasteiger partial charge on any atom is 0.171 e. The van der Waals surface area contributed by atoms with E-state index in [0.29, 0.717) is 0 Å². The number of nitrogens with one attached hydrogen (secondary N) is 1. The molecule has 2 rings (SSSR count). The van der Waals surface area contributed by atoms with Crippen molar-refractivity contribution in [3.8, 4) is 0 Å². The zero-order chi connectivity index (χ0) is 7.68. The van der Waals surface area contributed by atoms with Gasteiger partial charge in [-0.15, -0.1) is 0 Å². The van der Waals surface area contributed by atoms with Crippen molar-refractivity contribution in [2.45, 2.75) is 6.29 Å². The zero-order valence-electron chi connectivity index (χ0n) is 5.86. The van der Waals surface area contributed by atoms with Crippen molar-refractivity contribution in [2.24, 2.45) is 10.7 Å². The Balaban J connectivity index is 2.46. The fourth-order valence-electron chi connectivity index (χ4n) is 0.998. The zero-order valence-corrected chi connectivity index (χ0v) is 5.86. The Morgan fingerprint density at radius 2 is 2.45 bits per heavy atom. The second kappa shape index (κ2) is 2.32. The second-order valence-electron chi connectivity index (χ2n) is 2.33. The number of aromatic nitrogens is 1. The summed E-state index contributed by atoms with van der Waals surface area (Å²) in [6.07, 6.45) is 4.88. The highest BCUT2D eigenvalue weighted by atomic mass is 15.2. The van der Waals surface area contributed by atoms with Crippen LogP contribution in [0.1, 0.15) is 5.56 Å². The molecule has 0 saturated heterocycles. The average molecular weight is 148 g/mol. The Hall–Kier alpha value is -1.42. The Morgan fingerprint density at radius 3 is 3.36 bits per heavy atom. The van der Waals surface area contributed by atoms with Gasteiger partial charge in [0.2, 0.25) is 0 Å². The van der Waals surface area contributed by atoms with Crippen molar-refractivity contribution in [1.29, 1.82) is 0 Å². The molecule has 0 bridgehead atoms. The third-order valence-corrected chi connectivity index (χ3v) is 1.53. The van der Waals surface area contributed by atoms with E-state index >= 15 is 0 Å². The van der Waals surface area contributed by atoms with Gasteiger partial charge in [-0.05, 0) is 6.07 Å². The monoisotopic (exact) mass is 148 g/mol. The summed E-state index contributed by atoms with van der Waals surface area (Å²) >= 11 is 0. The molecule has 0 spiro atoms. The first kappa shape index (κ1) is 6.30. The minimum atomic E-state index is -0.315. The largest absolute Gasteiger partial charge is 0.351 e. The van der Waals surface area contributed by atoms with Crippen molar-refractivity contribution < 1.29 is 0 Å². The van der Waals surface area contributed by atoms with E-state index in [2.05, 4.69) is 15.3 Å². The molecule has 0 aliphatic carbocycles. The van der Waals surface area contributed by atoms with Gasteiger partial charge in [0.05, 0.1) is 0 Å². The minimum absolute atomic E-state index is 0.315. The molecule has 1 unspecified atom stereocenters. The molecular formula is C7H8N4. The Morgan fingerprint density at radius 1 is 1.55 bits per heavy atom. The van der Waals surface area contributed by atoms with Crippen molar-refractivity contribution >= 4 is 11.9 Å². The van der Waals surface area contributed by atoms with Crippen LogP contribution in [0.5, 0.6) is 0 Å². The summed E-state index contributed by atoms with van der Waals surface area (Å²) in [5.41, 5.74) is 7.49. The first-order valence-corrected chi connectivity index (χ1v) is 3.35. The molecule has 0 saturated carbocycles. The standard InChI is InChI=1S/C7H8N4/c8-7-10-4-5-3-9-2-1-6(5)11-7/h1-4,7,11H,8H2. The maximum absolute atomic E-state index is 5.52. The van der Waals surface area contributed by atoms with Crippen molar-refractivity contribution in [3.63, 3.8) is 0 Å². The number of hydrogen-bond donors (Lipinski definition) is 2. The summed E-state index contributed by atoms with van der Waals surface area (Å²) in [5, 5.41) is 3.00. The normalized spacial score (nSPS) is 20.6. The van der Waals surface area contributed by atoms with E-state index in [1.165, 1.54) is 0 Å². The lowest BCUT2D eigenvalue weighted by molar-refractivity contribution is 0.805. The molecule has 1 atom stereocenters. The van der Waals surface area contributed by atoms with Gasteiger partial charge in [0.25, 0.3) is 0 Å². The number of anilines is 1. The number of aliphatic imine (C=N–C) groups is 1. The summed E-state index contributed by atoms with van der Waals surface area (Å²) in [6, 6.07) is 1.88. The van der Waals surface area contributed by atoms with Crippen LogP contribution < -0.4 is 11.1 Å². The third-order valence-electron chi connectivity index (χ3n) is 1.53. The predicted octanol–water partition coefficient (Wildman–Crippen LogP) is 0.168. The minimum Gasteiger partial charge on any atom is -0.351 e. The van der Waals surface area contributed by atoms with Gasteiger partial charge in [0.1, 0.15) is 0 Å². The van der Waals surface area contributed by atoms with E-state index in [1.54, 1.807) is 18.6 Å². The first-order chi connectivity index (χ1) is 5.36. The molecule has 3 N–H and O–H groups in total. The molecule has 1 aliphatic heterocycles. The highest BCUT2D eigenvalue weighted by Gasteiger charge is 2.07. The number of fused-ring (bicyclic) bond motifs is 1. The molecule has 0 fully saturated rings. The first-order valence-electron chi connectivity index (χ1n) is 3.35. The lowest BCUT2D eigenvalue weighted by Crippen LogP contribution is -2.30. The van der Waals surface area contributed by atoms with E-state index in [4.69, 9.17) is 5.73 Å². The quantitative estimate of drug-likeness (QED) is 0.551. The van der Waals surface area contributed by atoms with Crippen LogP contribution in [0.25, 0.3) is 0 Å². The number of nitrogens with two attached hydrogens (primary N) is 1. The SMILES string of the molecule is NC1N=Cc2cnccc2N1. The molecule has 4 nitrogen and oxygen atoms in total. The molecule has 1 aromatic rings. The van der Waals surface area contributed by atoms with Gasteiger partial charge in [-0.1, -0.05) is 0 Å². The summed E-state index contributed by atoms with van der Waals surface area (Å²) < 4.78 is 0. The van der Waals surface area contributed by atoms with Crippen LogP contribution in [0.4, 0.5) is 5.69 Å². The summed E-state index contributed by atoms with van der Waals surface area (Å²) in [7, 11) is 0. The molecule has 1 aromatic heterocycles. The van der Waals surface area contributed by atoms with Crippen LogP contribution in [-0.2, 0) is 0 Å². The van der Waals surface area contributed by atoms with Gasteiger partial charge in [-0.25, -0.2) is 0 Å². The lowest BCUT2D eigenvalue weighted by atomic mass is 10.2. The Kier molecular flexibility index (Phi) is 1.33. The average Bonchev–Trinajstić information content (AvgIpc) is 2.04. The number of rotatable bonds is 0. The van der Waals surface area contributed by atoms with Crippen LogP contribution >= 0.6 is 0 Å². The van der Waals surface area contributed by atoms with Gasteiger partial charge in [-0.2, -0.15) is 0 Å². The summed E-state index contributed by atoms with van der Waals surface area (Å²) in [6.45, 7) is 0. The predicted molar refractivity (Wildman–Crippen MR) is 43.4 cm³/mol. The van der Waals surface area contributed by atoms with Crippen molar-refractivity contribution in [1.82, 2.24) is 4.98 Å². The molecule has 1 aliphatic rings. The smallest absolute Gasteiger partial charge is 0.171 e. The van der Waals surface area contributed by atoms with E-state index in [0.717, 1.165) is 11.3 Å². The van der Waals surface area contributed by atoms with Gasteiger partial charge < -0.3 is 5.32 Å². The van der Waals surface area contributed by atoms with Gasteiger partial charge in [0, 0.05) is 29.9 Å². The lowest BCUT2D eigenvalue weighted by Gasteiger charge is -2.16. The number of pyridine rings is 1. The topological polar surface area (TPSA) is 63.3 Å². The van der Waals surface area contributed by atoms with Crippen molar-refractivity contribution in [2.75, 3.05) is 5.32 Å². The fourth-order valence-corrected chi connectivity index (χ4v) is 0.998. The highest BCUT2D eigenvalue weighted by Crippen LogP contribution is 2.14. The molecule has 4 heteroatoms. The van der Waals surface area contributed by atoms with E-state index in [-0.39, 0.29) is 6.29 Å². The van der Waals surface area contributed by atoms with E-state index in [1.807, 2.05) is 6.07 Å². The molecular weight excluding hydrogens is 140 g/mol.